The Balaban J connectivity index is 1.36. The second kappa shape index (κ2) is 12.4. The number of H-pyrrole nitrogens is 1. The van der Waals surface area contributed by atoms with Gasteiger partial charge < -0.3 is 19.8 Å². The molecule has 0 saturated carbocycles. The van der Waals surface area contributed by atoms with E-state index in [4.69, 9.17) is 9.47 Å². The lowest BCUT2D eigenvalue weighted by Gasteiger charge is -2.37. The molecule has 4 aromatic rings. The molecule has 1 aliphatic heterocycles. The van der Waals surface area contributed by atoms with Crippen molar-refractivity contribution in [3.63, 3.8) is 0 Å². The van der Waals surface area contributed by atoms with Gasteiger partial charge in [0.25, 0.3) is 11.6 Å². The number of aromatic nitrogens is 2. The van der Waals surface area contributed by atoms with Gasteiger partial charge in [-0.3, -0.25) is 24.6 Å². The van der Waals surface area contributed by atoms with E-state index in [-0.39, 0.29) is 18.1 Å². The topological polar surface area (TPSA) is 140 Å². The molecule has 11 nitrogen and oxygen atoms in total. The first-order valence-electron chi connectivity index (χ1n) is 14.2. The number of rotatable bonds is 11. The van der Waals surface area contributed by atoms with Gasteiger partial charge in [-0.25, -0.2) is 4.98 Å². The van der Waals surface area contributed by atoms with Gasteiger partial charge in [-0.2, -0.15) is 0 Å². The molecule has 1 aromatic heterocycles. The molecule has 12 heteroatoms. The van der Waals surface area contributed by atoms with Crippen LogP contribution in [0.2, 0.25) is 0 Å². The number of imidazole rings is 1. The highest BCUT2D eigenvalue weighted by Gasteiger charge is 2.46. The first kappa shape index (κ1) is 31.1. The van der Waals surface area contributed by atoms with Gasteiger partial charge in [0.1, 0.15) is 22.8 Å². The van der Waals surface area contributed by atoms with Crippen LogP contribution in [0.25, 0.3) is 22.4 Å². The number of aryl methyl sites for hydroxylation is 1. The molecular weight excluding hydrogens is 630 g/mol. The molecule has 0 bridgehead atoms. The largest absolute Gasteiger partial charge is 0.496 e. The summed E-state index contributed by atoms with van der Waals surface area (Å²) in [4.78, 5) is 47.9. The van der Waals surface area contributed by atoms with Crippen LogP contribution in [0.15, 0.2) is 46.9 Å². The number of halogens is 1. The van der Waals surface area contributed by atoms with Crippen molar-refractivity contribution in [1.29, 1.82) is 0 Å². The first-order chi connectivity index (χ1) is 21.0. The van der Waals surface area contributed by atoms with Gasteiger partial charge in [-0.15, -0.1) is 0 Å². The number of carbonyl (C=O) groups is 2. The predicted octanol–water partition coefficient (Wildman–Crippen LogP) is 5.71. The van der Waals surface area contributed by atoms with Gasteiger partial charge in [0.05, 0.1) is 35.6 Å². The summed E-state index contributed by atoms with van der Waals surface area (Å²) in [6.45, 7) is 6.80. The Labute approximate surface area is 263 Å². The molecule has 1 aliphatic rings. The fourth-order valence-electron chi connectivity index (χ4n) is 5.69. The van der Waals surface area contributed by atoms with E-state index in [0.29, 0.717) is 69.5 Å². The molecule has 0 fully saturated rings. The van der Waals surface area contributed by atoms with Crippen molar-refractivity contribution in [1.82, 2.24) is 20.2 Å². The summed E-state index contributed by atoms with van der Waals surface area (Å²) >= 11 is 3.57. The fraction of sp³-hybridized carbons (Fsp3) is 0.344. The number of hydrogen-bond donors (Lipinski definition) is 2. The third-order valence-corrected chi connectivity index (χ3v) is 8.73. The number of hydrogen-bond acceptors (Lipinski definition) is 8. The van der Waals surface area contributed by atoms with E-state index in [1.807, 2.05) is 32.0 Å². The lowest BCUT2D eigenvalue weighted by Crippen LogP contribution is -2.52. The molecule has 2 amide bonds. The van der Waals surface area contributed by atoms with Gasteiger partial charge in [-0.05, 0) is 86.4 Å². The highest BCUT2D eigenvalue weighted by Crippen LogP contribution is 2.41. The Kier molecular flexibility index (Phi) is 8.76. The number of carbonyl (C=O) groups excluding carboxylic acids is 2. The number of aromatic amines is 1. The van der Waals surface area contributed by atoms with Crippen LogP contribution < -0.4 is 14.8 Å². The van der Waals surface area contributed by atoms with E-state index in [9.17, 15) is 19.7 Å². The maximum absolute atomic E-state index is 13.9. The number of fused-ring (bicyclic) bond motifs is 3. The van der Waals surface area contributed by atoms with Gasteiger partial charge >= 0.3 is 0 Å². The first-order valence-corrected chi connectivity index (χ1v) is 15.0. The molecule has 0 atom stereocenters. The van der Waals surface area contributed by atoms with Crippen molar-refractivity contribution in [2.75, 3.05) is 33.9 Å². The average molecular weight is 665 g/mol. The summed E-state index contributed by atoms with van der Waals surface area (Å²) in [5, 5.41) is 14.9. The SMILES string of the molecule is COc1cccc(OC)c1CCNCCCN1C(=O)c2c(cc(Br)c3nc(-c4ccc(C)c([N+](=O)[O-])c4)[nH]c23)C(C)(C)C1=O. The summed E-state index contributed by atoms with van der Waals surface area (Å²) in [7, 11) is 3.26. The second-order valence-electron chi connectivity index (χ2n) is 11.2. The molecule has 230 valence electrons. The average Bonchev–Trinajstić information content (AvgIpc) is 3.45. The van der Waals surface area contributed by atoms with Crippen molar-refractivity contribution < 1.29 is 24.0 Å². The number of nitrogens with zero attached hydrogens (tertiary/aromatic N) is 3. The molecule has 2 N–H and O–H groups in total. The minimum absolute atomic E-state index is 0.0197. The van der Waals surface area contributed by atoms with E-state index in [2.05, 4.69) is 31.2 Å². The highest BCUT2D eigenvalue weighted by atomic mass is 79.9. The Hall–Kier alpha value is -4.29. The van der Waals surface area contributed by atoms with Gasteiger partial charge in [0, 0.05) is 33.8 Å². The smallest absolute Gasteiger partial charge is 0.273 e. The summed E-state index contributed by atoms with van der Waals surface area (Å²) < 4.78 is 11.6. The monoisotopic (exact) mass is 663 g/mol. The van der Waals surface area contributed by atoms with E-state index in [0.717, 1.165) is 17.1 Å². The Morgan fingerprint density at radius 3 is 2.45 bits per heavy atom. The Morgan fingerprint density at radius 1 is 1.09 bits per heavy atom. The molecule has 3 aromatic carbocycles. The Bertz CT molecular complexity index is 1760. The summed E-state index contributed by atoms with van der Waals surface area (Å²) in [5.74, 6) is 1.25. The number of amides is 2. The molecule has 0 spiro atoms. The van der Waals surface area contributed by atoms with Gasteiger partial charge in [0.15, 0.2) is 0 Å². The van der Waals surface area contributed by atoms with Crippen LogP contribution in [0.4, 0.5) is 5.69 Å². The number of nitro benzene ring substituents is 1. The third-order valence-electron chi connectivity index (χ3n) is 8.13. The molecule has 5 rings (SSSR count). The highest BCUT2D eigenvalue weighted by molar-refractivity contribution is 9.10. The number of methoxy groups -OCH3 is 2. The van der Waals surface area contributed by atoms with Crippen LogP contribution in [0.1, 0.15) is 47.3 Å². The van der Waals surface area contributed by atoms with Crippen molar-refractivity contribution in [3.05, 3.63) is 79.3 Å². The zero-order chi connectivity index (χ0) is 31.8. The number of nitrogens with one attached hydrogen (secondary N) is 2. The normalized spacial score (nSPS) is 14.2. The van der Waals surface area contributed by atoms with Crippen LogP contribution in [-0.2, 0) is 16.6 Å². The molecule has 0 unspecified atom stereocenters. The lowest BCUT2D eigenvalue weighted by atomic mass is 9.76. The summed E-state index contributed by atoms with van der Waals surface area (Å²) in [6, 6.07) is 12.3. The van der Waals surface area contributed by atoms with Crippen molar-refractivity contribution in [3.8, 4) is 22.9 Å². The molecule has 0 radical (unpaired) electrons. The van der Waals surface area contributed by atoms with Gasteiger partial charge in [0.2, 0.25) is 5.91 Å². The zero-order valence-electron chi connectivity index (χ0n) is 25.2. The predicted molar refractivity (Wildman–Crippen MR) is 170 cm³/mol. The third kappa shape index (κ3) is 5.55. The van der Waals surface area contributed by atoms with E-state index >= 15 is 0 Å². The molecular formula is C32H34BrN5O6. The number of benzene rings is 3. The van der Waals surface area contributed by atoms with E-state index < -0.39 is 16.2 Å². The quantitative estimate of drug-likeness (QED) is 0.0900. The van der Waals surface area contributed by atoms with Crippen LogP contribution in [-0.4, -0.2) is 65.5 Å². The molecule has 0 saturated heterocycles. The molecule has 0 aliphatic carbocycles. The van der Waals surface area contributed by atoms with Gasteiger partial charge in [-0.1, -0.05) is 18.2 Å². The number of nitro groups is 1. The van der Waals surface area contributed by atoms with Crippen LogP contribution in [0, 0.1) is 17.0 Å². The number of imide groups is 1. The Morgan fingerprint density at radius 2 is 1.80 bits per heavy atom. The van der Waals surface area contributed by atoms with E-state index in [1.54, 1.807) is 39.3 Å². The molecule has 2 heterocycles. The van der Waals surface area contributed by atoms with Crippen molar-refractivity contribution in [2.45, 2.75) is 39.0 Å². The lowest BCUT2D eigenvalue weighted by molar-refractivity contribution is -0.385. The minimum atomic E-state index is -0.971. The van der Waals surface area contributed by atoms with Crippen molar-refractivity contribution in [2.24, 2.45) is 0 Å². The second-order valence-corrected chi connectivity index (χ2v) is 12.1. The van der Waals surface area contributed by atoms with Crippen molar-refractivity contribution >= 4 is 44.5 Å². The zero-order valence-corrected chi connectivity index (χ0v) is 26.8. The minimum Gasteiger partial charge on any atom is -0.496 e. The standard InChI is InChI=1S/C32H34BrN5O6/c1-18-10-11-19(16-23(18)38(41)42)29-35-27-22(33)17-21-26(28(27)36-29)30(39)37(31(40)32(21,2)3)15-7-13-34-14-12-20-24(43-4)8-6-9-25(20)44-5/h6,8-11,16-17,34H,7,12-15H2,1-5H3,(H,35,36). The maximum atomic E-state index is 13.9. The fourth-order valence-corrected chi connectivity index (χ4v) is 6.21. The number of ether oxygens (including phenoxy) is 2. The maximum Gasteiger partial charge on any atom is 0.273 e. The van der Waals surface area contributed by atoms with E-state index in [1.165, 1.54) is 11.0 Å². The van der Waals surface area contributed by atoms with Crippen LogP contribution in [0.5, 0.6) is 11.5 Å². The summed E-state index contributed by atoms with van der Waals surface area (Å²) in [5.41, 5.74) is 3.00. The summed E-state index contributed by atoms with van der Waals surface area (Å²) in [6.07, 6.45) is 1.25. The molecule has 44 heavy (non-hydrogen) atoms. The van der Waals surface area contributed by atoms with Crippen LogP contribution >= 0.6 is 15.9 Å². The van der Waals surface area contributed by atoms with Crippen LogP contribution in [0.3, 0.4) is 0 Å².